The number of allylic oxidation sites excluding steroid dienone is 1. The summed E-state index contributed by atoms with van der Waals surface area (Å²) in [5, 5.41) is 10.4. The number of nitriles is 1. The Balaban J connectivity index is 2.03. The first-order valence-corrected chi connectivity index (χ1v) is 9.23. The third-order valence-electron chi connectivity index (χ3n) is 4.53. The van der Waals surface area contributed by atoms with E-state index >= 15 is 0 Å². The molecule has 3 aromatic rings. The van der Waals surface area contributed by atoms with Crippen LogP contribution in [0.3, 0.4) is 0 Å². The Morgan fingerprint density at radius 2 is 1.92 bits per heavy atom. The van der Waals surface area contributed by atoms with Gasteiger partial charge in [0, 0.05) is 10.3 Å². The molecule has 4 rings (SSSR count). The number of ether oxygens (including phenoxy) is 1. The molecule has 0 saturated heterocycles. The molecule has 1 unspecified atom stereocenters. The SMILES string of the molecule is CSc1ccc(C2C(C#N)=C(N)Oc3c2c(=O)[nH]c2ccccc32)cc1. The topological polar surface area (TPSA) is 91.9 Å². The fourth-order valence-electron chi connectivity index (χ4n) is 3.30. The number of para-hydroxylation sites is 1. The standard InChI is InChI=1S/C20H15N3O2S/c1-26-12-8-6-11(7-9-12)16-14(10-21)19(22)25-18-13-4-2-3-5-15(13)23-20(24)17(16)18/h2-9,16H,22H2,1H3,(H,23,24). The third kappa shape index (κ3) is 2.45. The molecule has 2 aromatic carbocycles. The first-order chi connectivity index (χ1) is 12.6. The minimum Gasteiger partial charge on any atom is -0.439 e. The molecule has 1 atom stereocenters. The molecule has 0 radical (unpaired) electrons. The van der Waals surface area contributed by atoms with Crippen molar-refractivity contribution in [3.63, 3.8) is 0 Å². The second-order valence-corrected chi connectivity index (χ2v) is 6.82. The molecule has 0 amide bonds. The van der Waals surface area contributed by atoms with Crippen LogP contribution < -0.4 is 16.0 Å². The van der Waals surface area contributed by atoms with Crippen LogP contribution in [-0.4, -0.2) is 11.2 Å². The first kappa shape index (κ1) is 16.3. The molecule has 1 aliphatic rings. The predicted molar refractivity (Wildman–Crippen MR) is 102 cm³/mol. The number of rotatable bonds is 2. The molecule has 26 heavy (non-hydrogen) atoms. The number of nitrogens with one attached hydrogen (secondary N) is 1. The van der Waals surface area contributed by atoms with Gasteiger partial charge in [-0.2, -0.15) is 5.26 Å². The van der Waals surface area contributed by atoms with Gasteiger partial charge < -0.3 is 15.5 Å². The van der Waals surface area contributed by atoms with Gasteiger partial charge in [-0.1, -0.05) is 24.3 Å². The summed E-state index contributed by atoms with van der Waals surface area (Å²) >= 11 is 1.63. The molecule has 5 nitrogen and oxygen atoms in total. The van der Waals surface area contributed by atoms with Crippen molar-refractivity contribution in [1.82, 2.24) is 4.98 Å². The summed E-state index contributed by atoms with van der Waals surface area (Å²) in [6, 6.07) is 17.3. The highest BCUT2D eigenvalue weighted by molar-refractivity contribution is 7.98. The molecular weight excluding hydrogens is 346 g/mol. The number of aromatic amines is 1. The number of aromatic nitrogens is 1. The van der Waals surface area contributed by atoms with Gasteiger partial charge in [0.1, 0.15) is 17.4 Å². The van der Waals surface area contributed by atoms with Crippen LogP contribution in [0.5, 0.6) is 5.75 Å². The summed E-state index contributed by atoms with van der Waals surface area (Å²) in [7, 11) is 0. The molecule has 0 bridgehead atoms. The van der Waals surface area contributed by atoms with Crippen molar-refractivity contribution in [2.45, 2.75) is 10.8 Å². The summed E-state index contributed by atoms with van der Waals surface area (Å²) in [6.45, 7) is 0. The average molecular weight is 361 g/mol. The van der Waals surface area contributed by atoms with Gasteiger partial charge in [-0.25, -0.2) is 0 Å². The van der Waals surface area contributed by atoms with E-state index < -0.39 is 5.92 Å². The Labute approximate surface area is 154 Å². The Bertz CT molecular complexity index is 1140. The number of H-pyrrole nitrogens is 1. The molecule has 0 aliphatic carbocycles. The normalized spacial score (nSPS) is 16.1. The molecule has 2 heterocycles. The van der Waals surface area contributed by atoms with E-state index in [0.717, 1.165) is 15.8 Å². The lowest BCUT2D eigenvalue weighted by molar-refractivity contribution is 0.397. The smallest absolute Gasteiger partial charge is 0.256 e. The van der Waals surface area contributed by atoms with Crippen molar-refractivity contribution in [3.05, 3.63) is 81.5 Å². The zero-order chi connectivity index (χ0) is 18.3. The molecule has 128 valence electrons. The molecule has 6 heteroatoms. The van der Waals surface area contributed by atoms with Crippen LogP contribution in [0.4, 0.5) is 0 Å². The van der Waals surface area contributed by atoms with Gasteiger partial charge in [0.05, 0.1) is 17.0 Å². The zero-order valence-electron chi connectivity index (χ0n) is 13.9. The molecule has 1 aromatic heterocycles. The maximum atomic E-state index is 12.8. The third-order valence-corrected chi connectivity index (χ3v) is 5.28. The van der Waals surface area contributed by atoms with Crippen LogP contribution in [0.1, 0.15) is 17.0 Å². The highest BCUT2D eigenvalue weighted by Crippen LogP contribution is 2.43. The van der Waals surface area contributed by atoms with Crippen molar-refractivity contribution >= 4 is 22.7 Å². The molecule has 3 N–H and O–H groups in total. The van der Waals surface area contributed by atoms with E-state index in [9.17, 15) is 10.1 Å². The largest absolute Gasteiger partial charge is 0.439 e. The van der Waals surface area contributed by atoms with Crippen LogP contribution in [0.15, 0.2) is 69.7 Å². The lowest BCUT2D eigenvalue weighted by Crippen LogP contribution is -2.27. The van der Waals surface area contributed by atoms with E-state index in [2.05, 4.69) is 11.1 Å². The Morgan fingerprint density at radius 1 is 1.19 bits per heavy atom. The molecular formula is C20H15N3O2S. The van der Waals surface area contributed by atoms with Crippen molar-refractivity contribution in [1.29, 1.82) is 5.26 Å². The molecule has 0 saturated carbocycles. The van der Waals surface area contributed by atoms with E-state index in [1.807, 2.05) is 54.8 Å². The van der Waals surface area contributed by atoms with E-state index in [-0.39, 0.29) is 17.0 Å². The second-order valence-electron chi connectivity index (χ2n) is 5.94. The Hall–Kier alpha value is -3.17. The molecule has 0 spiro atoms. The number of hydrogen-bond donors (Lipinski definition) is 2. The van der Waals surface area contributed by atoms with Gasteiger partial charge in [-0.3, -0.25) is 4.79 Å². The van der Waals surface area contributed by atoms with Crippen LogP contribution in [0.25, 0.3) is 10.9 Å². The Kier molecular flexibility index (Phi) is 3.94. The zero-order valence-corrected chi connectivity index (χ0v) is 14.8. The van der Waals surface area contributed by atoms with Gasteiger partial charge in [-0.05, 0) is 36.1 Å². The number of thioether (sulfide) groups is 1. The van der Waals surface area contributed by atoms with E-state index in [1.165, 1.54) is 0 Å². The van der Waals surface area contributed by atoms with Gasteiger partial charge >= 0.3 is 0 Å². The average Bonchev–Trinajstić information content (AvgIpc) is 2.67. The van der Waals surface area contributed by atoms with Gasteiger partial charge in [0.25, 0.3) is 5.56 Å². The number of nitrogens with two attached hydrogens (primary N) is 1. The minimum absolute atomic E-state index is 0.0368. The Morgan fingerprint density at radius 3 is 2.62 bits per heavy atom. The molecule has 1 aliphatic heterocycles. The van der Waals surface area contributed by atoms with Gasteiger partial charge in [-0.15, -0.1) is 11.8 Å². The van der Waals surface area contributed by atoms with Crippen LogP contribution >= 0.6 is 11.8 Å². The summed E-state index contributed by atoms with van der Waals surface area (Å²) in [6.07, 6.45) is 1.99. The van der Waals surface area contributed by atoms with Gasteiger partial charge in [0.2, 0.25) is 5.88 Å². The molecule has 0 fully saturated rings. The number of pyridine rings is 1. The van der Waals surface area contributed by atoms with Crippen molar-refractivity contribution < 1.29 is 4.74 Å². The fraction of sp³-hybridized carbons (Fsp3) is 0.100. The van der Waals surface area contributed by atoms with Gasteiger partial charge in [0.15, 0.2) is 0 Å². The number of hydrogen-bond acceptors (Lipinski definition) is 5. The first-order valence-electron chi connectivity index (χ1n) is 8.00. The van der Waals surface area contributed by atoms with Crippen molar-refractivity contribution in [3.8, 4) is 11.8 Å². The minimum atomic E-state index is -0.562. The summed E-state index contributed by atoms with van der Waals surface area (Å²) in [5.41, 5.74) is 7.92. The van der Waals surface area contributed by atoms with Crippen LogP contribution in [0, 0.1) is 11.3 Å². The van der Waals surface area contributed by atoms with E-state index in [4.69, 9.17) is 10.5 Å². The number of benzene rings is 2. The summed E-state index contributed by atoms with van der Waals surface area (Å²) in [4.78, 5) is 16.8. The van der Waals surface area contributed by atoms with Crippen LogP contribution in [0.2, 0.25) is 0 Å². The maximum absolute atomic E-state index is 12.8. The van der Waals surface area contributed by atoms with Crippen molar-refractivity contribution in [2.75, 3.05) is 6.26 Å². The maximum Gasteiger partial charge on any atom is 0.256 e. The van der Waals surface area contributed by atoms with Crippen LogP contribution in [-0.2, 0) is 0 Å². The van der Waals surface area contributed by atoms with Crippen molar-refractivity contribution in [2.24, 2.45) is 5.73 Å². The van der Waals surface area contributed by atoms with E-state index in [1.54, 1.807) is 11.8 Å². The number of nitrogens with zero attached hydrogens (tertiary/aromatic N) is 1. The lowest BCUT2D eigenvalue weighted by Gasteiger charge is -2.26. The van der Waals surface area contributed by atoms with E-state index in [0.29, 0.717) is 16.8 Å². The highest BCUT2D eigenvalue weighted by Gasteiger charge is 2.34. The monoisotopic (exact) mass is 361 g/mol. The fourth-order valence-corrected chi connectivity index (χ4v) is 3.71. The second kappa shape index (κ2) is 6.28. The highest BCUT2D eigenvalue weighted by atomic mass is 32.2. The lowest BCUT2D eigenvalue weighted by atomic mass is 9.83. The quantitative estimate of drug-likeness (QED) is 0.682. The summed E-state index contributed by atoms with van der Waals surface area (Å²) in [5.74, 6) is -0.109. The number of fused-ring (bicyclic) bond motifs is 3. The predicted octanol–water partition coefficient (Wildman–Crippen LogP) is 3.47. The summed E-state index contributed by atoms with van der Waals surface area (Å²) < 4.78 is 5.74.